The average Bonchev–Trinajstić information content (AvgIpc) is 2.95. The first-order valence-corrected chi connectivity index (χ1v) is 9.94. The van der Waals surface area contributed by atoms with Crippen molar-refractivity contribution in [1.82, 2.24) is 9.47 Å². The van der Waals surface area contributed by atoms with Crippen molar-refractivity contribution < 1.29 is 14.3 Å². The topological polar surface area (TPSA) is 51.5 Å². The first-order valence-electron chi connectivity index (χ1n) is 9.94. The van der Waals surface area contributed by atoms with Gasteiger partial charge in [-0.25, -0.2) is 9.36 Å². The highest BCUT2D eigenvalue weighted by Gasteiger charge is 2.41. The van der Waals surface area contributed by atoms with E-state index in [0.29, 0.717) is 6.42 Å². The Morgan fingerprint density at radius 2 is 2.04 bits per heavy atom. The SMILES string of the molecule is CC(C)(C)OC(=O)n1c2c(c3ccccc31)CCN1CCC[C@@H](CC=O)[C@H]21. The molecule has 0 unspecified atom stereocenters. The maximum atomic E-state index is 13.2. The molecule has 0 amide bonds. The van der Waals surface area contributed by atoms with E-state index in [2.05, 4.69) is 11.0 Å². The number of rotatable bonds is 2. The molecule has 0 saturated carbocycles. The Morgan fingerprint density at radius 3 is 2.78 bits per heavy atom. The van der Waals surface area contributed by atoms with Gasteiger partial charge in [-0.3, -0.25) is 4.90 Å². The minimum absolute atomic E-state index is 0.104. The van der Waals surface area contributed by atoms with Crippen molar-refractivity contribution in [1.29, 1.82) is 0 Å². The molecule has 0 N–H and O–H groups in total. The Labute approximate surface area is 160 Å². The van der Waals surface area contributed by atoms with Crippen LogP contribution in [0, 0.1) is 5.92 Å². The molecule has 1 aromatic carbocycles. The second kappa shape index (κ2) is 6.79. The highest BCUT2D eigenvalue weighted by Crippen LogP contribution is 2.45. The number of aromatic nitrogens is 1. The maximum absolute atomic E-state index is 13.2. The molecule has 1 fully saturated rings. The van der Waals surface area contributed by atoms with Gasteiger partial charge in [0.1, 0.15) is 11.9 Å². The van der Waals surface area contributed by atoms with E-state index in [4.69, 9.17) is 4.74 Å². The number of hydrogen-bond donors (Lipinski definition) is 0. The van der Waals surface area contributed by atoms with E-state index in [-0.39, 0.29) is 18.1 Å². The number of carbonyl (C=O) groups is 2. The van der Waals surface area contributed by atoms with E-state index in [9.17, 15) is 9.59 Å². The highest BCUT2D eigenvalue weighted by molar-refractivity contribution is 5.94. The van der Waals surface area contributed by atoms with Crippen molar-refractivity contribution in [2.24, 2.45) is 5.92 Å². The molecule has 0 spiro atoms. The number of nitrogens with zero attached hydrogens (tertiary/aromatic N) is 2. The van der Waals surface area contributed by atoms with Crippen molar-refractivity contribution in [2.45, 2.75) is 58.1 Å². The predicted octanol–water partition coefficient (Wildman–Crippen LogP) is 4.32. The molecule has 2 atom stereocenters. The van der Waals surface area contributed by atoms with Gasteiger partial charge >= 0.3 is 6.09 Å². The van der Waals surface area contributed by atoms with Gasteiger partial charge < -0.3 is 9.53 Å². The molecule has 5 nitrogen and oxygen atoms in total. The van der Waals surface area contributed by atoms with Gasteiger partial charge in [0.15, 0.2) is 0 Å². The summed E-state index contributed by atoms with van der Waals surface area (Å²) < 4.78 is 7.55. The number of piperidine rings is 1. The van der Waals surface area contributed by atoms with E-state index < -0.39 is 5.60 Å². The molecule has 1 aromatic heterocycles. The minimum atomic E-state index is -0.557. The van der Waals surface area contributed by atoms with Gasteiger partial charge in [0.25, 0.3) is 0 Å². The largest absolute Gasteiger partial charge is 0.443 e. The fourth-order valence-corrected chi connectivity index (χ4v) is 4.83. The molecule has 0 aliphatic carbocycles. The van der Waals surface area contributed by atoms with E-state index in [1.165, 1.54) is 5.56 Å². The lowest BCUT2D eigenvalue weighted by molar-refractivity contribution is -0.109. The molecule has 0 bridgehead atoms. The fraction of sp³-hybridized carbons (Fsp3) is 0.545. The lowest BCUT2D eigenvalue weighted by Crippen LogP contribution is -2.45. The normalized spacial score (nSPS) is 22.9. The zero-order valence-electron chi connectivity index (χ0n) is 16.4. The Kier molecular flexibility index (Phi) is 4.58. The van der Waals surface area contributed by atoms with Crippen molar-refractivity contribution in [3.05, 3.63) is 35.5 Å². The molecule has 1 saturated heterocycles. The molecule has 2 aliphatic heterocycles. The van der Waals surface area contributed by atoms with Gasteiger partial charge in [-0.2, -0.15) is 0 Å². The van der Waals surface area contributed by atoms with E-state index in [0.717, 1.165) is 55.2 Å². The van der Waals surface area contributed by atoms with Gasteiger partial charge in [0.05, 0.1) is 17.3 Å². The van der Waals surface area contributed by atoms with Crippen molar-refractivity contribution >= 4 is 23.3 Å². The Hall–Kier alpha value is -2.14. The third-order valence-corrected chi connectivity index (χ3v) is 5.78. The van der Waals surface area contributed by atoms with Crippen molar-refractivity contribution in [3.8, 4) is 0 Å². The van der Waals surface area contributed by atoms with Crippen LogP contribution in [0.15, 0.2) is 24.3 Å². The summed E-state index contributed by atoms with van der Waals surface area (Å²) in [5.74, 6) is 0.251. The van der Waals surface area contributed by atoms with Crippen LogP contribution in [0.3, 0.4) is 0 Å². The van der Waals surface area contributed by atoms with Gasteiger partial charge in [-0.15, -0.1) is 0 Å². The van der Waals surface area contributed by atoms with Crippen molar-refractivity contribution in [3.63, 3.8) is 0 Å². The number of hydrogen-bond acceptors (Lipinski definition) is 4. The van der Waals surface area contributed by atoms with E-state index in [1.807, 2.05) is 39.0 Å². The summed E-state index contributed by atoms with van der Waals surface area (Å²) in [6.07, 6.45) is 4.30. The molecule has 2 aromatic rings. The predicted molar refractivity (Wildman–Crippen MR) is 105 cm³/mol. The second-order valence-electron chi connectivity index (χ2n) is 8.73. The Bertz CT molecular complexity index is 878. The number of carbonyl (C=O) groups excluding carboxylic acids is 2. The molecular weight excluding hydrogens is 340 g/mol. The summed E-state index contributed by atoms with van der Waals surface area (Å²) in [4.78, 5) is 27.0. The number of para-hydroxylation sites is 1. The summed E-state index contributed by atoms with van der Waals surface area (Å²) >= 11 is 0. The van der Waals surface area contributed by atoms with Gasteiger partial charge in [-0.05, 0) is 64.1 Å². The highest BCUT2D eigenvalue weighted by atomic mass is 16.6. The van der Waals surface area contributed by atoms with Gasteiger partial charge in [-0.1, -0.05) is 18.2 Å². The molecule has 2 aliphatic rings. The average molecular weight is 368 g/mol. The number of aldehydes is 1. The van der Waals surface area contributed by atoms with Gasteiger partial charge in [0, 0.05) is 18.4 Å². The summed E-state index contributed by atoms with van der Waals surface area (Å²) in [6, 6.07) is 8.20. The van der Waals surface area contributed by atoms with Crippen molar-refractivity contribution in [2.75, 3.05) is 13.1 Å². The van der Waals surface area contributed by atoms with E-state index >= 15 is 0 Å². The van der Waals surface area contributed by atoms with Crippen LogP contribution in [0.1, 0.15) is 57.3 Å². The third kappa shape index (κ3) is 3.18. The monoisotopic (exact) mass is 368 g/mol. The lowest BCUT2D eigenvalue weighted by atomic mass is 9.81. The van der Waals surface area contributed by atoms with Crippen LogP contribution < -0.4 is 0 Å². The molecule has 0 radical (unpaired) electrons. The molecule has 5 heteroatoms. The fourth-order valence-electron chi connectivity index (χ4n) is 4.83. The van der Waals surface area contributed by atoms with Crippen LogP contribution >= 0.6 is 0 Å². The first kappa shape index (κ1) is 18.2. The molecule has 144 valence electrons. The number of ether oxygens (including phenoxy) is 1. The van der Waals surface area contributed by atoms with Crippen LogP contribution in [0.4, 0.5) is 4.79 Å². The molecular formula is C22H28N2O3. The third-order valence-electron chi connectivity index (χ3n) is 5.78. The molecule has 3 heterocycles. The zero-order valence-corrected chi connectivity index (χ0v) is 16.4. The lowest BCUT2D eigenvalue weighted by Gasteiger charge is -2.44. The minimum Gasteiger partial charge on any atom is -0.443 e. The molecule has 27 heavy (non-hydrogen) atoms. The van der Waals surface area contributed by atoms with Gasteiger partial charge in [0.2, 0.25) is 0 Å². The Balaban J connectivity index is 1.91. The van der Waals surface area contributed by atoms with Crippen LogP contribution in [0.25, 0.3) is 10.9 Å². The quantitative estimate of drug-likeness (QED) is 0.741. The van der Waals surface area contributed by atoms with Crippen LogP contribution in [0.5, 0.6) is 0 Å². The van der Waals surface area contributed by atoms with Crippen LogP contribution in [-0.2, 0) is 16.0 Å². The van der Waals surface area contributed by atoms with Crippen LogP contribution in [0.2, 0.25) is 0 Å². The van der Waals surface area contributed by atoms with E-state index in [1.54, 1.807) is 4.57 Å². The summed E-state index contributed by atoms with van der Waals surface area (Å²) in [5, 5.41) is 1.13. The van der Waals surface area contributed by atoms with Crippen LogP contribution in [-0.4, -0.2) is 40.5 Å². The second-order valence-corrected chi connectivity index (χ2v) is 8.73. The first-order chi connectivity index (χ1) is 12.9. The number of fused-ring (bicyclic) bond motifs is 5. The zero-order chi connectivity index (χ0) is 19.2. The standard InChI is InChI=1S/C22H28N2O3/c1-22(2,3)27-21(26)24-18-9-5-4-8-16(18)17-10-13-23-12-6-7-15(11-14-25)19(23)20(17)24/h4-5,8-9,14-15,19H,6-7,10-13H2,1-3H3/t15-,19+/m0/s1. The summed E-state index contributed by atoms with van der Waals surface area (Å²) in [5.41, 5.74) is 2.64. The number of benzene rings is 1. The smallest absolute Gasteiger partial charge is 0.419 e. The summed E-state index contributed by atoms with van der Waals surface area (Å²) in [6.45, 7) is 7.69. The summed E-state index contributed by atoms with van der Waals surface area (Å²) in [7, 11) is 0. The Morgan fingerprint density at radius 1 is 1.26 bits per heavy atom. The molecule has 4 rings (SSSR count). The maximum Gasteiger partial charge on any atom is 0.419 e.